The van der Waals surface area contributed by atoms with Gasteiger partial charge in [0.05, 0.1) is 19.4 Å². The zero-order chi connectivity index (χ0) is 20.4. The number of allylic oxidation sites excluding steroid dienone is 2. The van der Waals surface area contributed by atoms with Crippen molar-refractivity contribution < 1.29 is 19.0 Å². The number of nitrogens with one attached hydrogen (secondary N) is 1. The average molecular weight is 390 g/mol. The molecule has 1 aromatic rings. The van der Waals surface area contributed by atoms with Crippen LogP contribution < -0.4 is 10.2 Å². The molecule has 0 unspecified atom stereocenters. The van der Waals surface area contributed by atoms with E-state index in [1.54, 1.807) is 25.3 Å². The molecule has 0 spiro atoms. The van der Waals surface area contributed by atoms with Crippen LogP contribution in [-0.2, 0) is 4.74 Å². The van der Waals surface area contributed by atoms with Crippen LogP contribution in [-0.4, -0.2) is 55.0 Å². The molecule has 0 saturated carbocycles. The summed E-state index contributed by atoms with van der Waals surface area (Å²) in [6.07, 6.45) is 3.51. The lowest BCUT2D eigenvalue weighted by molar-refractivity contribution is 0.145. The number of phenolic OH excluding ortho intramolecular Hbond substituents is 1. The number of rotatable bonds is 7. The van der Waals surface area contributed by atoms with E-state index in [-0.39, 0.29) is 11.6 Å². The molecule has 8 heteroatoms. The monoisotopic (exact) mass is 390 g/mol. The molecular weight excluding hydrogens is 363 g/mol. The third-order valence-corrected chi connectivity index (χ3v) is 3.91. The second kappa shape index (κ2) is 11.1. The number of amidine groups is 1. The van der Waals surface area contributed by atoms with Crippen LogP contribution >= 0.6 is 0 Å². The fourth-order valence-corrected chi connectivity index (χ4v) is 2.59. The summed E-state index contributed by atoms with van der Waals surface area (Å²) in [4.78, 5) is 6.18. The van der Waals surface area contributed by atoms with Crippen molar-refractivity contribution in [2.45, 2.75) is 20.3 Å². The largest absolute Gasteiger partial charge is 0.504 e. The maximum absolute atomic E-state index is 14.3. The highest BCUT2D eigenvalue weighted by atomic mass is 19.1. The SMILES string of the molecule is C=C/C(F)=C(\N=C(C)N/N=C\c1ccc(O)c(OCC)c1)N1CCCOCC1. The fourth-order valence-electron chi connectivity index (χ4n) is 2.59. The first-order valence-electron chi connectivity index (χ1n) is 9.20. The molecule has 7 nitrogen and oxygen atoms in total. The summed E-state index contributed by atoms with van der Waals surface area (Å²) in [5.74, 6) is 0.604. The van der Waals surface area contributed by atoms with Crippen molar-refractivity contribution in [3.63, 3.8) is 0 Å². The number of hydrogen-bond donors (Lipinski definition) is 2. The number of phenols is 1. The van der Waals surface area contributed by atoms with Gasteiger partial charge in [0.15, 0.2) is 23.1 Å². The smallest absolute Gasteiger partial charge is 0.166 e. The van der Waals surface area contributed by atoms with E-state index in [0.29, 0.717) is 44.5 Å². The lowest BCUT2D eigenvalue weighted by Crippen LogP contribution is -2.27. The zero-order valence-electron chi connectivity index (χ0n) is 16.3. The van der Waals surface area contributed by atoms with E-state index in [4.69, 9.17) is 9.47 Å². The van der Waals surface area contributed by atoms with E-state index in [9.17, 15) is 9.50 Å². The second-order valence-electron chi connectivity index (χ2n) is 6.06. The molecular formula is C20H27FN4O3. The highest BCUT2D eigenvalue weighted by Crippen LogP contribution is 2.26. The molecule has 0 atom stereocenters. The third-order valence-electron chi connectivity index (χ3n) is 3.91. The number of aliphatic imine (C=N–C) groups is 1. The normalized spacial score (nSPS) is 16.5. The molecule has 0 radical (unpaired) electrons. The van der Waals surface area contributed by atoms with Gasteiger partial charge in [-0.3, -0.25) is 5.43 Å². The second-order valence-corrected chi connectivity index (χ2v) is 6.06. The number of ether oxygens (including phenoxy) is 2. The van der Waals surface area contributed by atoms with Gasteiger partial charge in [0.2, 0.25) is 0 Å². The third kappa shape index (κ3) is 6.38. The Labute approximate surface area is 164 Å². The number of aromatic hydroxyl groups is 1. The molecule has 1 fully saturated rings. The standard InChI is InChI=1S/C20H27FN4O3/c1-4-17(21)20(25-9-6-11-27-12-10-25)23-15(3)24-22-14-16-7-8-18(26)19(13-16)28-5-2/h4,7-8,13-14,26H,1,5-6,9-12H2,2-3H3,(H,23,24)/b20-17-,22-14-. The van der Waals surface area contributed by atoms with Gasteiger partial charge < -0.3 is 19.5 Å². The Bertz CT molecular complexity index is 754. The van der Waals surface area contributed by atoms with E-state index < -0.39 is 5.83 Å². The van der Waals surface area contributed by atoms with Crippen LogP contribution in [0, 0.1) is 0 Å². The number of hydrazone groups is 1. The summed E-state index contributed by atoms with van der Waals surface area (Å²) < 4.78 is 25.0. The number of hydrogen-bond acceptors (Lipinski definition) is 6. The minimum atomic E-state index is -0.494. The van der Waals surface area contributed by atoms with Crippen LogP contribution in [0.2, 0.25) is 0 Å². The van der Waals surface area contributed by atoms with E-state index >= 15 is 0 Å². The van der Waals surface area contributed by atoms with Crippen molar-refractivity contribution >= 4 is 12.1 Å². The van der Waals surface area contributed by atoms with Gasteiger partial charge >= 0.3 is 0 Å². The molecule has 0 bridgehead atoms. The zero-order valence-corrected chi connectivity index (χ0v) is 16.3. The van der Waals surface area contributed by atoms with Crippen LogP contribution in [0.4, 0.5) is 4.39 Å². The molecule has 0 aliphatic carbocycles. The van der Waals surface area contributed by atoms with E-state index in [1.807, 2.05) is 11.8 Å². The van der Waals surface area contributed by atoms with Crippen LogP contribution in [0.3, 0.4) is 0 Å². The topological polar surface area (TPSA) is 78.7 Å². The summed E-state index contributed by atoms with van der Waals surface area (Å²) in [5.41, 5.74) is 3.52. The van der Waals surface area contributed by atoms with Crippen molar-refractivity contribution in [1.82, 2.24) is 10.3 Å². The summed E-state index contributed by atoms with van der Waals surface area (Å²) >= 11 is 0. The first kappa shape index (κ1) is 21.4. The predicted molar refractivity (Wildman–Crippen MR) is 108 cm³/mol. The maximum atomic E-state index is 14.3. The van der Waals surface area contributed by atoms with Crippen molar-refractivity contribution in [3.8, 4) is 11.5 Å². The predicted octanol–water partition coefficient (Wildman–Crippen LogP) is 3.18. The molecule has 1 saturated heterocycles. The Balaban J connectivity index is 2.09. The van der Waals surface area contributed by atoms with Gasteiger partial charge in [-0.25, -0.2) is 9.38 Å². The Hall–Kier alpha value is -2.87. The molecule has 0 amide bonds. The maximum Gasteiger partial charge on any atom is 0.166 e. The lowest BCUT2D eigenvalue weighted by Gasteiger charge is -2.22. The lowest BCUT2D eigenvalue weighted by atomic mass is 10.2. The molecule has 152 valence electrons. The van der Waals surface area contributed by atoms with Gasteiger partial charge in [0, 0.05) is 19.7 Å². The first-order valence-corrected chi connectivity index (χ1v) is 9.20. The molecule has 0 aromatic heterocycles. The van der Waals surface area contributed by atoms with Gasteiger partial charge in [-0.15, -0.1) is 0 Å². The van der Waals surface area contributed by atoms with Gasteiger partial charge in [-0.1, -0.05) is 6.58 Å². The number of nitrogens with zero attached hydrogens (tertiary/aromatic N) is 3. The Morgan fingerprint density at radius 2 is 2.25 bits per heavy atom. The highest BCUT2D eigenvalue weighted by molar-refractivity contribution is 5.84. The molecule has 1 aromatic carbocycles. The minimum Gasteiger partial charge on any atom is -0.504 e. The number of benzene rings is 1. The van der Waals surface area contributed by atoms with Crippen molar-refractivity contribution in [3.05, 3.63) is 48.1 Å². The molecule has 1 aliphatic rings. The van der Waals surface area contributed by atoms with Crippen LogP contribution in [0.15, 0.2) is 52.6 Å². The molecule has 2 rings (SSSR count). The summed E-state index contributed by atoms with van der Waals surface area (Å²) in [6.45, 7) is 9.88. The Kier molecular flexibility index (Phi) is 8.48. The van der Waals surface area contributed by atoms with Crippen LogP contribution in [0.5, 0.6) is 11.5 Å². The summed E-state index contributed by atoms with van der Waals surface area (Å²) in [5, 5.41) is 13.8. The van der Waals surface area contributed by atoms with Gasteiger partial charge in [0.25, 0.3) is 0 Å². The van der Waals surface area contributed by atoms with Gasteiger partial charge in [0.1, 0.15) is 5.84 Å². The average Bonchev–Trinajstić information content (AvgIpc) is 2.97. The molecule has 1 heterocycles. The van der Waals surface area contributed by atoms with Crippen LogP contribution in [0.1, 0.15) is 25.8 Å². The van der Waals surface area contributed by atoms with E-state index in [0.717, 1.165) is 18.1 Å². The van der Waals surface area contributed by atoms with E-state index in [2.05, 4.69) is 22.1 Å². The Morgan fingerprint density at radius 1 is 1.43 bits per heavy atom. The van der Waals surface area contributed by atoms with Crippen molar-refractivity contribution in [1.29, 1.82) is 0 Å². The van der Waals surface area contributed by atoms with Gasteiger partial charge in [-0.2, -0.15) is 5.10 Å². The first-order chi connectivity index (χ1) is 13.5. The molecule has 2 N–H and O–H groups in total. The number of halogens is 1. The summed E-state index contributed by atoms with van der Waals surface area (Å²) in [6, 6.07) is 4.92. The van der Waals surface area contributed by atoms with Crippen molar-refractivity contribution in [2.24, 2.45) is 10.1 Å². The molecule has 28 heavy (non-hydrogen) atoms. The molecule has 1 aliphatic heterocycles. The van der Waals surface area contributed by atoms with Crippen molar-refractivity contribution in [2.75, 3.05) is 32.9 Å². The minimum absolute atomic E-state index is 0.0702. The van der Waals surface area contributed by atoms with Crippen LogP contribution in [0.25, 0.3) is 0 Å². The van der Waals surface area contributed by atoms with E-state index in [1.165, 1.54) is 6.07 Å². The summed E-state index contributed by atoms with van der Waals surface area (Å²) in [7, 11) is 0. The Morgan fingerprint density at radius 3 is 3.00 bits per heavy atom. The highest BCUT2D eigenvalue weighted by Gasteiger charge is 2.16. The van der Waals surface area contributed by atoms with Gasteiger partial charge in [-0.05, 0) is 50.1 Å². The fraction of sp³-hybridized carbons (Fsp3) is 0.400. The quantitative estimate of drug-likeness (QED) is 0.324.